The Bertz CT molecular complexity index is 964. The summed E-state index contributed by atoms with van der Waals surface area (Å²) < 4.78 is 20.8. The van der Waals surface area contributed by atoms with E-state index in [-0.39, 0.29) is 11.3 Å². The van der Waals surface area contributed by atoms with Crippen LogP contribution >= 0.6 is 0 Å². The fraction of sp³-hybridized carbons (Fsp3) is 0.238. The van der Waals surface area contributed by atoms with Crippen LogP contribution in [-0.2, 0) is 20.8 Å². The van der Waals surface area contributed by atoms with E-state index in [1.807, 2.05) is 30.3 Å². The van der Waals surface area contributed by atoms with E-state index < -0.39 is 11.9 Å². The number of hydrogen-bond acceptors (Lipinski definition) is 6. The summed E-state index contributed by atoms with van der Waals surface area (Å²) in [5.41, 5.74) is 1.87. The standard InChI is InChI=1S/C21H21NO6/c1-25-20(23)18-16-12-15(8-9-17(16)22-19(18)21(24)26-2)28-11-10-27-13-14-6-4-3-5-7-14/h3-9,12,22H,10-11,13H2,1-2H3. The molecule has 0 spiro atoms. The maximum absolute atomic E-state index is 12.2. The van der Waals surface area contributed by atoms with Gasteiger partial charge in [-0.25, -0.2) is 9.59 Å². The van der Waals surface area contributed by atoms with Crippen molar-refractivity contribution < 1.29 is 28.5 Å². The van der Waals surface area contributed by atoms with Gasteiger partial charge in [0.1, 0.15) is 18.1 Å². The summed E-state index contributed by atoms with van der Waals surface area (Å²) >= 11 is 0. The number of carbonyl (C=O) groups is 2. The van der Waals surface area contributed by atoms with Crippen molar-refractivity contribution in [3.63, 3.8) is 0 Å². The first kappa shape index (κ1) is 19.4. The fourth-order valence-corrected chi connectivity index (χ4v) is 2.81. The smallest absolute Gasteiger partial charge is 0.355 e. The lowest BCUT2D eigenvalue weighted by molar-refractivity contribution is 0.0553. The molecule has 0 aliphatic carbocycles. The second kappa shape index (κ2) is 9.05. The summed E-state index contributed by atoms with van der Waals surface area (Å²) in [6.45, 7) is 1.27. The molecule has 3 aromatic rings. The number of hydrogen-bond donors (Lipinski definition) is 1. The largest absolute Gasteiger partial charge is 0.491 e. The van der Waals surface area contributed by atoms with Gasteiger partial charge in [-0.3, -0.25) is 0 Å². The summed E-state index contributed by atoms with van der Waals surface area (Å²) in [5, 5.41) is 0.523. The van der Waals surface area contributed by atoms with E-state index in [1.54, 1.807) is 18.2 Å². The molecule has 0 bridgehead atoms. The van der Waals surface area contributed by atoms with E-state index >= 15 is 0 Å². The Balaban J connectivity index is 1.69. The van der Waals surface area contributed by atoms with Crippen molar-refractivity contribution in [3.05, 3.63) is 65.4 Å². The Kier molecular flexibility index (Phi) is 6.29. The molecule has 0 aliphatic rings. The van der Waals surface area contributed by atoms with Gasteiger partial charge in [0, 0.05) is 10.9 Å². The zero-order valence-corrected chi connectivity index (χ0v) is 15.7. The number of H-pyrrole nitrogens is 1. The van der Waals surface area contributed by atoms with Crippen molar-refractivity contribution in [1.29, 1.82) is 0 Å². The minimum atomic E-state index is -0.645. The number of esters is 2. The van der Waals surface area contributed by atoms with Crippen molar-refractivity contribution in [2.75, 3.05) is 27.4 Å². The average Bonchev–Trinajstić information content (AvgIpc) is 3.12. The first-order valence-corrected chi connectivity index (χ1v) is 8.71. The molecule has 2 aromatic carbocycles. The number of methoxy groups -OCH3 is 2. The quantitative estimate of drug-likeness (QED) is 0.474. The van der Waals surface area contributed by atoms with E-state index in [0.29, 0.717) is 36.5 Å². The Labute approximate surface area is 162 Å². The Morgan fingerprint density at radius 1 is 0.929 bits per heavy atom. The number of benzene rings is 2. The molecule has 0 unspecified atom stereocenters. The minimum Gasteiger partial charge on any atom is -0.491 e. The van der Waals surface area contributed by atoms with Crippen LogP contribution in [0.25, 0.3) is 10.9 Å². The predicted octanol–water partition coefficient (Wildman–Crippen LogP) is 3.34. The number of aromatic nitrogens is 1. The Morgan fingerprint density at radius 3 is 2.39 bits per heavy atom. The van der Waals surface area contributed by atoms with Crippen molar-refractivity contribution >= 4 is 22.8 Å². The fourth-order valence-electron chi connectivity index (χ4n) is 2.81. The van der Waals surface area contributed by atoms with Crippen LogP contribution in [0.1, 0.15) is 26.4 Å². The van der Waals surface area contributed by atoms with Gasteiger partial charge < -0.3 is 23.9 Å². The van der Waals surface area contributed by atoms with Crippen LogP contribution in [-0.4, -0.2) is 44.4 Å². The number of rotatable bonds is 8. The Morgan fingerprint density at radius 2 is 1.68 bits per heavy atom. The van der Waals surface area contributed by atoms with Gasteiger partial charge in [-0.05, 0) is 23.8 Å². The van der Waals surface area contributed by atoms with Crippen LogP contribution in [0, 0.1) is 0 Å². The van der Waals surface area contributed by atoms with Crippen LogP contribution < -0.4 is 4.74 Å². The van der Waals surface area contributed by atoms with Gasteiger partial charge in [0.15, 0.2) is 0 Å². The van der Waals surface area contributed by atoms with Gasteiger partial charge in [0.25, 0.3) is 0 Å². The molecule has 0 aliphatic heterocycles. The lowest BCUT2D eigenvalue weighted by atomic mass is 10.1. The highest BCUT2D eigenvalue weighted by atomic mass is 16.5. The molecule has 28 heavy (non-hydrogen) atoms. The third kappa shape index (κ3) is 4.32. The average molecular weight is 383 g/mol. The first-order valence-electron chi connectivity index (χ1n) is 8.71. The molecule has 7 nitrogen and oxygen atoms in total. The van der Waals surface area contributed by atoms with Crippen LogP contribution in [0.3, 0.4) is 0 Å². The number of carbonyl (C=O) groups excluding carboxylic acids is 2. The number of aromatic amines is 1. The summed E-state index contributed by atoms with van der Waals surface area (Å²) in [6, 6.07) is 15.0. The van der Waals surface area contributed by atoms with Gasteiger partial charge in [0.05, 0.1) is 33.0 Å². The van der Waals surface area contributed by atoms with Crippen molar-refractivity contribution in [2.45, 2.75) is 6.61 Å². The molecule has 0 amide bonds. The van der Waals surface area contributed by atoms with Crippen LogP contribution in [0.4, 0.5) is 0 Å². The van der Waals surface area contributed by atoms with E-state index in [4.69, 9.17) is 18.9 Å². The number of ether oxygens (including phenoxy) is 4. The lowest BCUT2D eigenvalue weighted by Crippen LogP contribution is -2.10. The third-order valence-corrected chi connectivity index (χ3v) is 4.16. The van der Waals surface area contributed by atoms with E-state index in [0.717, 1.165) is 5.56 Å². The predicted molar refractivity (Wildman–Crippen MR) is 103 cm³/mol. The molecule has 1 N–H and O–H groups in total. The zero-order chi connectivity index (χ0) is 19.9. The molecule has 146 valence electrons. The molecular weight excluding hydrogens is 362 g/mol. The van der Waals surface area contributed by atoms with Crippen LogP contribution in [0.5, 0.6) is 5.75 Å². The molecule has 0 radical (unpaired) electrons. The van der Waals surface area contributed by atoms with Gasteiger partial charge >= 0.3 is 11.9 Å². The minimum absolute atomic E-state index is 0.0488. The number of nitrogens with one attached hydrogen (secondary N) is 1. The summed E-state index contributed by atoms with van der Waals surface area (Å²) in [5.74, 6) is -0.722. The molecule has 1 aromatic heterocycles. The molecule has 1 heterocycles. The van der Waals surface area contributed by atoms with Crippen molar-refractivity contribution in [1.82, 2.24) is 4.98 Å². The topological polar surface area (TPSA) is 86.9 Å². The SMILES string of the molecule is COC(=O)c1[nH]c2ccc(OCCOCc3ccccc3)cc2c1C(=O)OC. The molecule has 0 saturated heterocycles. The third-order valence-electron chi connectivity index (χ3n) is 4.16. The zero-order valence-electron chi connectivity index (χ0n) is 15.7. The van der Waals surface area contributed by atoms with E-state index in [2.05, 4.69) is 4.98 Å². The molecular formula is C21H21NO6. The lowest BCUT2D eigenvalue weighted by Gasteiger charge is -2.08. The van der Waals surface area contributed by atoms with Crippen molar-refractivity contribution in [3.8, 4) is 5.75 Å². The van der Waals surface area contributed by atoms with Crippen LogP contribution in [0.15, 0.2) is 48.5 Å². The van der Waals surface area contributed by atoms with E-state index in [1.165, 1.54) is 14.2 Å². The Hall–Kier alpha value is -3.32. The first-order chi connectivity index (χ1) is 13.6. The monoisotopic (exact) mass is 383 g/mol. The van der Waals surface area contributed by atoms with Crippen molar-refractivity contribution in [2.24, 2.45) is 0 Å². The molecule has 0 fully saturated rings. The molecule has 0 saturated carbocycles. The normalized spacial score (nSPS) is 10.6. The molecule has 3 rings (SSSR count). The molecule has 0 atom stereocenters. The number of fused-ring (bicyclic) bond motifs is 1. The second-order valence-electron chi connectivity index (χ2n) is 5.95. The maximum atomic E-state index is 12.2. The summed E-state index contributed by atoms with van der Waals surface area (Å²) in [6.07, 6.45) is 0. The summed E-state index contributed by atoms with van der Waals surface area (Å²) in [4.78, 5) is 27.0. The molecule has 7 heteroatoms. The second-order valence-corrected chi connectivity index (χ2v) is 5.95. The summed E-state index contributed by atoms with van der Waals surface area (Å²) in [7, 11) is 2.51. The van der Waals surface area contributed by atoms with Gasteiger partial charge in [-0.1, -0.05) is 30.3 Å². The van der Waals surface area contributed by atoms with Gasteiger partial charge in [-0.2, -0.15) is 0 Å². The highest BCUT2D eigenvalue weighted by molar-refractivity contribution is 6.12. The van der Waals surface area contributed by atoms with Crippen LogP contribution in [0.2, 0.25) is 0 Å². The van der Waals surface area contributed by atoms with E-state index in [9.17, 15) is 9.59 Å². The highest BCUT2D eigenvalue weighted by Gasteiger charge is 2.24. The highest BCUT2D eigenvalue weighted by Crippen LogP contribution is 2.28. The van der Waals surface area contributed by atoms with Gasteiger partial charge in [0.2, 0.25) is 0 Å². The van der Waals surface area contributed by atoms with Gasteiger partial charge in [-0.15, -0.1) is 0 Å². The maximum Gasteiger partial charge on any atom is 0.355 e.